The lowest BCUT2D eigenvalue weighted by Crippen LogP contribution is -2.12. The van der Waals surface area contributed by atoms with Crippen LogP contribution in [-0.2, 0) is 10.0 Å². The van der Waals surface area contributed by atoms with Gasteiger partial charge in [0.1, 0.15) is 11.8 Å². The van der Waals surface area contributed by atoms with E-state index in [1.165, 1.54) is 12.1 Å². The summed E-state index contributed by atoms with van der Waals surface area (Å²) in [7, 11) is -3.74. The van der Waals surface area contributed by atoms with Crippen molar-refractivity contribution in [1.82, 2.24) is 9.78 Å². The fourth-order valence-electron chi connectivity index (χ4n) is 2.38. The zero-order valence-electron chi connectivity index (χ0n) is 12.8. The molecule has 0 aliphatic heterocycles. The van der Waals surface area contributed by atoms with Gasteiger partial charge in [-0.05, 0) is 37.3 Å². The number of aryl methyl sites for hydroxylation is 1. The molecule has 0 radical (unpaired) electrons. The molecule has 0 saturated heterocycles. The van der Waals surface area contributed by atoms with Crippen LogP contribution in [0.5, 0.6) is 0 Å². The van der Waals surface area contributed by atoms with Gasteiger partial charge in [0.25, 0.3) is 0 Å². The molecule has 0 saturated carbocycles. The van der Waals surface area contributed by atoms with Gasteiger partial charge in [-0.3, -0.25) is 0 Å². The number of nitrogens with two attached hydrogens (primary N) is 1. The van der Waals surface area contributed by atoms with Gasteiger partial charge in [-0.1, -0.05) is 23.8 Å². The second-order valence-electron chi connectivity index (χ2n) is 5.36. The average Bonchev–Trinajstić information content (AvgIpc) is 2.98. The van der Waals surface area contributed by atoms with Gasteiger partial charge in [-0.2, -0.15) is 10.4 Å². The number of primary sulfonamides is 1. The third-order valence-electron chi connectivity index (χ3n) is 3.56. The molecule has 0 atom stereocenters. The molecule has 1 aromatic heterocycles. The van der Waals surface area contributed by atoms with E-state index in [0.29, 0.717) is 16.9 Å². The summed E-state index contributed by atoms with van der Waals surface area (Å²) in [6, 6.07) is 15.9. The van der Waals surface area contributed by atoms with E-state index in [-0.39, 0.29) is 4.90 Å². The molecule has 0 aliphatic carbocycles. The van der Waals surface area contributed by atoms with E-state index in [2.05, 4.69) is 11.2 Å². The van der Waals surface area contributed by atoms with Crippen LogP contribution in [-0.4, -0.2) is 18.2 Å². The Kier molecular flexibility index (Phi) is 3.93. The summed E-state index contributed by atoms with van der Waals surface area (Å²) in [4.78, 5) is 0.0258. The molecule has 120 valence electrons. The third kappa shape index (κ3) is 3.06. The second kappa shape index (κ2) is 5.92. The Morgan fingerprint density at radius 3 is 2.46 bits per heavy atom. The molecule has 3 rings (SSSR count). The number of sulfonamides is 1. The minimum atomic E-state index is -3.74. The maximum Gasteiger partial charge on any atom is 0.238 e. The van der Waals surface area contributed by atoms with Gasteiger partial charge in [-0.25, -0.2) is 18.2 Å². The largest absolute Gasteiger partial charge is 0.239 e. The molecule has 1 heterocycles. The van der Waals surface area contributed by atoms with Crippen molar-refractivity contribution in [3.05, 3.63) is 65.9 Å². The predicted molar refractivity (Wildman–Crippen MR) is 89.8 cm³/mol. The Morgan fingerprint density at radius 2 is 1.88 bits per heavy atom. The van der Waals surface area contributed by atoms with Crippen LogP contribution < -0.4 is 5.14 Å². The Morgan fingerprint density at radius 1 is 1.17 bits per heavy atom. The maximum absolute atomic E-state index is 11.3. The molecule has 0 amide bonds. The lowest BCUT2D eigenvalue weighted by Gasteiger charge is -2.03. The first kappa shape index (κ1) is 15.9. The number of rotatable bonds is 3. The van der Waals surface area contributed by atoms with Crippen molar-refractivity contribution in [3.63, 3.8) is 0 Å². The molecule has 7 heteroatoms. The van der Waals surface area contributed by atoms with Crippen LogP contribution in [0.3, 0.4) is 0 Å². The number of hydrogen-bond acceptors (Lipinski definition) is 4. The first-order valence-electron chi connectivity index (χ1n) is 7.08. The highest BCUT2D eigenvalue weighted by Gasteiger charge is 2.13. The molecular weight excluding hydrogens is 324 g/mol. The lowest BCUT2D eigenvalue weighted by atomic mass is 10.1. The van der Waals surface area contributed by atoms with Gasteiger partial charge < -0.3 is 0 Å². The molecule has 0 spiro atoms. The molecule has 0 fully saturated rings. The standard InChI is InChI=1S/C17H14N4O2S/c1-12-3-2-4-13(9-12)17-14(10-18)11-21(20-17)15-5-7-16(8-6-15)24(19,22)23/h2-9,11H,1H3,(H2,19,22,23). The van der Waals surface area contributed by atoms with E-state index in [4.69, 9.17) is 5.14 Å². The van der Waals surface area contributed by atoms with E-state index in [0.717, 1.165) is 11.1 Å². The lowest BCUT2D eigenvalue weighted by molar-refractivity contribution is 0.598. The van der Waals surface area contributed by atoms with Gasteiger partial charge in [0.05, 0.1) is 16.1 Å². The summed E-state index contributed by atoms with van der Waals surface area (Å²) in [5, 5.41) is 18.9. The first-order valence-corrected chi connectivity index (χ1v) is 8.63. The monoisotopic (exact) mass is 338 g/mol. The van der Waals surface area contributed by atoms with Crippen LogP contribution in [0.25, 0.3) is 16.9 Å². The van der Waals surface area contributed by atoms with Gasteiger partial charge in [0, 0.05) is 11.8 Å². The van der Waals surface area contributed by atoms with Gasteiger partial charge in [0.2, 0.25) is 10.0 Å². The van der Waals surface area contributed by atoms with Gasteiger partial charge >= 0.3 is 0 Å². The first-order chi connectivity index (χ1) is 11.4. The minimum Gasteiger partial charge on any atom is -0.239 e. The zero-order chi connectivity index (χ0) is 17.3. The fourth-order valence-corrected chi connectivity index (χ4v) is 2.90. The number of nitriles is 1. The SMILES string of the molecule is Cc1cccc(-c2nn(-c3ccc(S(N)(=O)=O)cc3)cc2C#N)c1. The Hall–Kier alpha value is -2.95. The molecule has 0 bridgehead atoms. The smallest absolute Gasteiger partial charge is 0.238 e. The van der Waals surface area contributed by atoms with Gasteiger partial charge in [0.15, 0.2) is 0 Å². The van der Waals surface area contributed by atoms with Crippen LogP contribution in [0.15, 0.2) is 59.6 Å². The molecule has 6 nitrogen and oxygen atoms in total. The summed E-state index contributed by atoms with van der Waals surface area (Å²) in [6.07, 6.45) is 1.61. The molecular formula is C17H14N4O2S. The van der Waals surface area contributed by atoms with Crippen LogP contribution in [0, 0.1) is 18.3 Å². The van der Waals surface area contributed by atoms with E-state index < -0.39 is 10.0 Å². The van der Waals surface area contributed by atoms with E-state index in [1.807, 2.05) is 31.2 Å². The van der Waals surface area contributed by atoms with E-state index >= 15 is 0 Å². The normalized spacial score (nSPS) is 11.2. The van der Waals surface area contributed by atoms with Crippen molar-refractivity contribution >= 4 is 10.0 Å². The van der Waals surface area contributed by atoms with Crippen molar-refractivity contribution in [1.29, 1.82) is 5.26 Å². The van der Waals surface area contributed by atoms with E-state index in [9.17, 15) is 13.7 Å². The number of hydrogen-bond donors (Lipinski definition) is 1. The second-order valence-corrected chi connectivity index (χ2v) is 6.92. The molecule has 24 heavy (non-hydrogen) atoms. The average molecular weight is 338 g/mol. The quantitative estimate of drug-likeness (QED) is 0.792. The summed E-state index contributed by atoms with van der Waals surface area (Å²) >= 11 is 0. The van der Waals surface area contributed by atoms with Crippen molar-refractivity contribution in [2.75, 3.05) is 0 Å². The molecule has 3 aromatic rings. The zero-order valence-corrected chi connectivity index (χ0v) is 13.7. The van der Waals surface area contributed by atoms with Crippen molar-refractivity contribution in [2.24, 2.45) is 5.14 Å². The highest BCUT2D eigenvalue weighted by Crippen LogP contribution is 2.24. The number of aromatic nitrogens is 2. The summed E-state index contributed by atoms with van der Waals surface area (Å²) in [5.74, 6) is 0. The topological polar surface area (TPSA) is 102 Å². The molecule has 0 unspecified atom stereocenters. The minimum absolute atomic E-state index is 0.0258. The number of benzene rings is 2. The maximum atomic E-state index is 11.3. The van der Waals surface area contributed by atoms with Crippen molar-refractivity contribution in [3.8, 4) is 23.0 Å². The van der Waals surface area contributed by atoms with Crippen LogP contribution in [0.4, 0.5) is 0 Å². The van der Waals surface area contributed by atoms with Crippen molar-refractivity contribution in [2.45, 2.75) is 11.8 Å². The predicted octanol–water partition coefficient (Wildman–Crippen LogP) is 2.37. The van der Waals surface area contributed by atoms with Crippen LogP contribution in [0.2, 0.25) is 0 Å². The number of nitrogens with zero attached hydrogens (tertiary/aromatic N) is 3. The third-order valence-corrected chi connectivity index (χ3v) is 4.49. The summed E-state index contributed by atoms with van der Waals surface area (Å²) < 4.78 is 24.2. The molecule has 2 aromatic carbocycles. The van der Waals surface area contributed by atoms with E-state index in [1.54, 1.807) is 23.0 Å². The Labute approximate surface area is 139 Å². The highest BCUT2D eigenvalue weighted by atomic mass is 32.2. The molecule has 0 aliphatic rings. The Bertz CT molecular complexity index is 1040. The Balaban J connectivity index is 2.06. The highest BCUT2D eigenvalue weighted by molar-refractivity contribution is 7.89. The van der Waals surface area contributed by atoms with Crippen molar-refractivity contribution < 1.29 is 8.42 Å². The summed E-state index contributed by atoms with van der Waals surface area (Å²) in [6.45, 7) is 1.97. The molecule has 2 N–H and O–H groups in total. The van der Waals surface area contributed by atoms with Crippen LogP contribution in [0.1, 0.15) is 11.1 Å². The van der Waals surface area contributed by atoms with Gasteiger partial charge in [-0.15, -0.1) is 0 Å². The fraction of sp³-hybridized carbons (Fsp3) is 0.0588. The summed E-state index contributed by atoms with van der Waals surface area (Å²) in [5.41, 5.74) is 3.58. The van der Waals surface area contributed by atoms with Crippen LogP contribution >= 0.6 is 0 Å².